The molecule has 0 aromatic heterocycles. The van der Waals surface area contributed by atoms with Gasteiger partial charge >= 0.3 is 0 Å². The zero-order chi connectivity index (χ0) is 13.5. The van der Waals surface area contributed by atoms with Crippen LogP contribution in [0.1, 0.15) is 25.8 Å². The summed E-state index contributed by atoms with van der Waals surface area (Å²) in [5.74, 6) is 0.678. The minimum absolute atomic E-state index is 0.256. The lowest BCUT2D eigenvalue weighted by atomic mass is 10.1. The predicted molar refractivity (Wildman–Crippen MR) is 80.2 cm³/mol. The predicted octanol–water partition coefficient (Wildman–Crippen LogP) is 4.14. The van der Waals surface area contributed by atoms with E-state index in [4.69, 9.17) is 11.6 Å². The first-order valence-electron chi connectivity index (χ1n) is 6.30. The molecule has 0 saturated heterocycles. The van der Waals surface area contributed by atoms with Crippen LogP contribution in [0, 0.1) is 5.82 Å². The average Bonchev–Trinajstić information content (AvgIpc) is 2.38. The highest BCUT2D eigenvalue weighted by molar-refractivity contribution is 7.99. The summed E-state index contributed by atoms with van der Waals surface area (Å²) in [5, 5.41) is 4.19. The fourth-order valence-electron chi connectivity index (χ4n) is 1.61. The van der Waals surface area contributed by atoms with E-state index in [0.29, 0.717) is 11.3 Å². The van der Waals surface area contributed by atoms with Crippen LogP contribution in [0.15, 0.2) is 18.2 Å². The lowest BCUT2D eigenvalue weighted by Gasteiger charge is -2.18. The van der Waals surface area contributed by atoms with Crippen molar-refractivity contribution < 1.29 is 4.39 Å². The van der Waals surface area contributed by atoms with Gasteiger partial charge in [0.15, 0.2) is 0 Å². The highest BCUT2D eigenvalue weighted by Gasteiger charge is 2.13. The third-order valence-corrected chi connectivity index (χ3v) is 4.98. The lowest BCUT2D eigenvalue weighted by molar-refractivity contribution is 0.602. The first-order valence-corrected chi connectivity index (χ1v) is 7.72. The van der Waals surface area contributed by atoms with E-state index < -0.39 is 0 Å². The van der Waals surface area contributed by atoms with E-state index in [9.17, 15) is 4.39 Å². The molecule has 1 rings (SSSR count). The number of hydrogen-bond donors (Lipinski definition) is 1. The molecule has 1 N–H and O–H groups in total. The number of thioether (sulfide) groups is 1. The van der Waals surface area contributed by atoms with Crippen molar-refractivity contribution in [1.29, 1.82) is 0 Å². The van der Waals surface area contributed by atoms with E-state index in [1.54, 1.807) is 6.07 Å². The molecule has 2 atom stereocenters. The molecule has 0 spiro atoms. The van der Waals surface area contributed by atoms with Crippen molar-refractivity contribution in [3.63, 3.8) is 0 Å². The molecule has 4 heteroatoms. The molecule has 2 unspecified atom stereocenters. The smallest absolute Gasteiger partial charge is 0.142 e. The van der Waals surface area contributed by atoms with Gasteiger partial charge < -0.3 is 5.32 Å². The van der Waals surface area contributed by atoms with Gasteiger partial charge in [0.2, 0.25) is 0 Å². The Morgan fingerprint density at radius 1 is 1.44 bits per heavy atom. The summed E-state index contributed by atoms with van der Waals surface area (Å²) in [7, 11) is 1.94. The fourth-order valence-corrected chi connectivity index (χ4v) is 2.90. The van der Waals surface area contributed by atoms with Crippen LogP contribution in [0.2, 0.25) is 5.02 Å². The molecule has 0 fully saturated rings. The Kier molecular flexibility index (Phi) is 7.05. The molecule has 18 heavy (non-hydrogen) atoms. The highest BCUT2D eigenvalue weighted by atomic mass is 35.5. The van der Waals surface area contributed by atoms with Gasteiger partial charge in [0.1, 0.15) is 5.82 Å². The quantitative estimate of drug-likeness (QED) is 0.809. The third kappa shape index (κ3) is 4.79. The summed E-state index contributed by atoms with van der Waals surface area (Å²) < 4.78 is 13.3. The Balaban J connectivity index is 2.59. The molecule has 0 heterocycles. The van der Waals surface area contributed by atoms with Crippen molar-refractivity contribution in [3.05, 3.63) is 34.6 Å². The minimum atomic E-state index is -0.335. The highest BCUT2D eigenvalue weighted by Crippen LogP contribution is 2.22. The van der Waals surface area contributed by atoms with Gasteiger partial charge in [-0.3, -0.25) is 0 Å². The zero-order valence-corrected chi connectivity index (χ0v) is 12.7. The fraction of sp³-hybridized carbons (Fsp3) is 0.571. The second kappa shape index (κ2) is 8.03. The van der Waals surface area contributed by atoms with Crippen molar-refractivity contribution >= 4 is 23.4 Å². The SMILES string of the molecule is CCC(C)SCC(Cc1cccc(F)c1Cl)NC. The molecule has 1 aromatic carbocycles. The topological polar surface area (TPSA) is 12.0 Å². The number of benzene rings is 1. The number of nitrogens with one attached hydrogen (secondary N) is 1. The maximum absolute atomic E-state index is 13.3. The largest absolute Gasteiger partial charge is 0.316 e. The molecule has 1 aromatic rings. The summed E-state index contributed by atoms with van der Waals surface area (Å²) in [6.07, 6.45) is 1.93. The molecule has 0 radical (unpaired) electrons. The van der Waals surface area contributed by atoms with Crippen LogP contribution in [-0.4, -0.2) is 24.1 Å². The van der Waals surface area contributed by atoms with Crippen molar-refractivity contribution in [1.82, 2.24) is 5.32 Å². The van der Waals surface area contributed by atoms with E-state index in [2.05, 4.69) is 19.2 Å². The van der Waals surface area contributed by atoms with Gasteiger partial charge in [0.25, 0.3) is 0 Å². The first-order chi connectivity index (χ1) is 8.58. The van der Waals surface area contributed by atoms with Gasteiger partial charge in [-0.2, -0.15) is 11.8 Å². The summed E-state index contributed by atoms with van der Waals surface area (Å²) in [6, 6.07) is 5.33. The van der Waals surface area contributed by atoms with Crippen molar-refractivity contribution in [2.75, 3.05) is 12.8 Å². The number of likely N-dealkylation sites (N-methyl/N-ethyl adjacent to an activating group) is 1. The van der Waals surface area contributed by atoms with E-state index in [1.807, 2.05) is 24.9 Å². The molecule has 1 nitrogen and oxygen atoms in total. The van der Waals surface area contributed by atoms with Crippen LogP contribution in [0.4, 0.5) is 4.39 Å². The molecule has 0 amide bonds. The van der Waals surface area contributed by atoms with Gasteiger partial charge in [-0.05, 0) is 31.5 Å². The van der Waals surface area contributed by atoms with Crippen molar-refractivity contribution in [3.8, 4) is 0 Å². The van der Waals surface area contributed by atoms with Crippen LogP contribution in [-0.2, 0) is 6.42 Å². The van der Waals surface area contributed by atoms with Gasteiger partial charge in [-0.25, -0.2) is 4.39 Å². The number of halogens is 2. The Morgan fingerprint density at radius 2 is 2.17 bits per heavy atom. The lowest BCUT2D eigenvalue weighted by Crippen LogP contribution is -2.30. The maximum Gasteiger partial charge on any atom is 0.142 e. The number of rotatable bonds is 7. The van der Waals surface area contributed by atoms with Crippen molar-refractivity contribution in [2.24, 2.45) is 0 Å². The average molecular weight is 290 g/mol. The molecule has 0 bridgehead atoms. The van der Waals surface area contributed by atoms with Crippen LogP contribution in [0.5, 0.6) is 0 Å². The molecule has 102 valence electrons. The summed E-state index contributed by atoms with van der Waals surface area (Å²) in [4.78, 5) is 0. The summed E-state index contributed by atoms with van der Waals surface area (Å²) in [6.45, 7) is 4.42. The molecular formula is C14H21ClFNS. The molecule has 0 aliphatic heterocycles. The second-order valence-corrected chi connectivity index (χ2v) is 6.30. The monoisotopic (exact) mass is 289 g/mol. The number of hydrogen-bond acceptors (Lipinski definition) is 2. The summed E-state index contributed by atoms with van der Waals surface area (Å²) in [5.41, 5.74) is 0.876. The normalized spacial score (nSPS) is 14.5. The molecule has 0 aliphatic rings. The van der Waals surface area contributed by atoms with Gasteiger partial charge in [-0.15, -0.1) is 0 Å². The Hall–Kier alpha value is -0.250. The van der Waals surface area contributed by atoms with Crippen LogP contribution >= 0.6 is 23.4 Å². The van der Waals surface area contributed by atoms with Gasteiger partial charge in [-0.1, -0.05) is 37.6 Å². The maximum atomic E-state index is 13.3. The van der Waals surface area contributed by atoms with Gasteiger partial charge in [0.05, 0.1) is 5.02 Å². The van der Waals surface area contributed by atoms with Gasteiger partial charge in [0, 0.05) is 17.0 Å². The van der Waals surface area contributed by atoms with E-state index in [1.165, 1.54) is 12.5 Å². The summed E-state index contributed by atoms with van der Waals surface area (Å²) >= 11 is 7.91. The third-order valence-electron chi connectivity index (χ3n) is 3.06. The molecule has 0 saturated carbocycles. The van der Waals surface area contributed by atoms with E-state index in [0.717, 1.165) is 17.7 Å². The second-order valence-electron chi connectivity index (χ2n) is 4.45. The van der Waals surface area contributed by atoms with Crippen LogP contribution in [0.3, 0.4) is 0 Å². The van der Waals surface area contributed by atoms with Crippen LogP contribution < -0.4 is 5.32 Å². The van der Waals surface area contributed by atoms with E-state index >= 15 is 0 Å². The zero-order valence-electron chi connectivity index (χ0n) is 11.2. The first kappa shape index (κ1) is 15.8. The van der Waals surface area contributed by atoms with E-state index in [-0.39, 0.29) is 10.8 Å². The van der Waals surface area contributed by atoms with Crippen molar-refractivity contribution in [2.45, 2.75) is 38.0 Å². The minimum Gasteiger partial charge on any atom is -0.316 e. The standard InChI is InChI=1S/C14H21ClFNS/c1-4-10(2)18-9-12(17-3)8-11-6-5-7-13(16)14(11)15/h5-7,10,12,17H,4,8-9H2,1-3H3. The molecular weight excluding hydrogens is 269 g/mol. The Bertz CT molecular complexity index is 373. The molecule has 0 aliphatic carbocycles. The Morgan fingerprint density at radius 3 is 2.78 bits per heavy atom. The Labute approximate surface area is 118 Å². The van der Waals surface area contributed by atoms with Crippen LogP contribution in [0.25, 0.3) is 0 Å².